The maximum Gasteiger partial charge on any atom is 0.161 e. The van der Waals surface area contributed by atoms with Gasteiger partial charge in [0.05, 0.1) is 25.8 Å². The molecule has 0 amide bonds. The average Bonchev–Trinajstić information content (AvgIpc) is 2.97. The van der Waals surface area contributed by atoms with E-state index in [0.29, 0.717) is 11.5 Å². The van der Waals surface area contributed by atoms with Crippen molar-refractivity contribution in [1.29, 1.82) is 0 Å². The number of hydrogen-bond acceptors (Lipinski definition) is 6. The van der Waals surface area contributed by atoms with Crippen molar-refractivity contribution >= 4 is 11.3 Å². The van der Waals surface area contributed by atoms with Gasteiger partial charge in [-0.2, -0.15) is 0 Å². The van der Waals surface area contributed by atoms with Crippen molar-refractivity contribution in [1.82, 2.24) is 10.4 Å². The van der Waals surface area contributed by atoms with Crippen molar-refractivity contribution in [2.24, 2.45) is 5.84 Å². The molecule has 2 rings (SSSR count). The second-order valence-electron chi connectivity index (χ2n) is 4.01. The number of benzene rings is 1. The molecule has 0 saturated carbocycles. The smallest absolute Gasteiger partial charge is 0.161 e. The van der Waals surface area contributed by atoms with E-state index in [4.69, 9.17) is 15.3 Å². The number of nitrogens with two attached hydrogens (primary N) is 1. The standard InChI is InChI=1S/C13H17N3O2S/c1-17-12-4-3-9(5-13(12)18-2)11(16-14)6-10-7-15-8-19-10/h3-5,7-8,11,16H,6,14H2,1-2H3. The molecule has 0 aliphatic rings. The molecule has 1 atom stereocenters. The average molecular weight is 279 g/mol. The minimum atomic E-state index is 0.0141. The number of methoxy groups -OCH3 is 2. The van der Waals surface area contributed by atoms with Gasteiger partial charge >= 0.3 is 0 Å². The van der Waals surface area contributed by atoms with Gasteiger partial charge in [0, 0.05) is 17.5 Å². The van der Waals surface area contributed by atoms with Gasteiger partial charge in [-0.15, -0.1) is 11.3 Å². The van der Waals surface area contributed by atoms with Gasteiger partial charge in [0.25, 0.3) is 0 Å². The van der Waals surface area contributed by atoms with E-state index in [1.165, 1.54) is 4.88 Å². The topological polar surface area (TPSA) is 69.4 Å². The normalized spacial score (nSPS) is 12.2. The second kappa shape index (κ2) is 6.51. The summed E-state index contributed by atoms with van der Waals surface area (Å²) < 4.78 is 10.5. The van der Waals surface area contributed by atoms with Crippen LogP contribution in [0.1, 0.15) is 16.5 Å². The number of nitrogens with zero attached hydrogens (tertiary/aromatic N) is 1. The third-order valence-electron chi connectivity index (χ3n) is 2.90. The highest BCUT2D eigenvalue weighted by Gasteiger charge is 2.14. The maximum absolute atomic E-state index is 5.65. The number of aromatic nitrogens is 1. The molecule has 0 radical (unpaired) electrons. The number of ether oxygens (including phenoxy) is 2. The van der Waals surface area contributed by atoms with Crippen molar-refractivity contribution in [3.63, 3.8) is 0 Å². The highest BCUT2D eigenvalue weighted by atomic mass is 32.1. The first kappa shape index (κ1) is 13.8. The molecule has 3 N–H and O–H groups in total. The highest BCUT2D eigenvalue weighted by Crippen LogP contribution is 2.31. The Hall–Kier alpha value is -1.63. The number of hydrazine groups is 1. The first-order chi connectivity index (χ1) is 9.28. The third kappa shape index (κ3) is 3.23. The van der Waals surface area contributed by atoms with Crippen molar-refractivity contribution in [3.8, 4) is 11.5 Å². The molecule has 6 heteroatoms. The van der Waals surface area contributed by atoms with Crippen LogP contribution < -0.4 is 20.7 Å². The second-order valence-corrected chi connectivity index (χ2v) is 4.98. The Morgan fingerprint density at radius 3 is 2.68 bits per heavy atom. The van der Waals surface area contributed by atoms with Crippen LogP contribution in [0.2, 0.25) is 0 Å². The Labute approximate surface area is 116 Å². The molecule has 1 heterocycles. The summed E-state index contributed by atoms with van der Waals surface area (Å²) >= 11 is 1.62. The van der Waals surface area contributed by atoms with E-state index < -0.39 is 0 Å². The van der Waals surface area contributed by atoms with Gasteiger partial charge in [0.1, 0.15) is 0 Å². The van der Waals surface area contributed by atoms with E-state index >= 15 is 0 Å². The Balaban J connectivity index is 2.23. The van der Waals surface area contributed by atoms with E-state index in [2.05, 4.69) is 10.4 Å². The third-order valence-corrected chi connectivity index (χ3v) is 3.70. The molecule has 1 aromatic heterocycles. The summed E-state index contributed by atoms with van der Waals surface area (Å²) in [6, 6.07) is 5.81. The highest BCUT2D eigenvalue weighted by molar-refractivity contribution is 7.09. The molecular weight excluding hydrogens is 262 g/mol. The molecule has 0 spiro atoms. The van der Waals surface area contributed by atoms with Crippen molar-refractivity contribution in [2.75, 3.05) is 14.2 Å². The van der Waals surface area contributed by atoms with Crippen molar-refractivity contribution in [3.05, 3.63) is 40.3 Å². The van der Waals surface area contributed by atoms with Crippen LogP contribution in [0.4, 0.5) is 0 Å². The first-order valence-electron chi connectivity index (χ1n) is 5.84. The Bertz CT molecular complexity index is 517. The SMILES string of the molecule is COc1ccc(C(Cc2cncs2)NN)cc1OC. The van der Waals surface area contributed by atoms with Crippen LogP contribution in [-0.4, -0.2) is 19.2 Å². The molecule has 0 fully saturated rings. The molecule has 0 bridgehead atoms. The molecule has 1 unspecified atom stereocenters. The summed E-state index contributed by atoms with van der Waals surface area (Å²) in [6.45, 7) is 0. The van der Waals surface area contributed by atoms with Crippen LogP contribution in [-0.2, 0) is 6.42 Å². The fourth-order valence-electron chi connectivity index (χ4n) is 1.89. The molecule has 0 saturated heterocycles. The van der Waals surface area contributed by atoms with Gasteiger partial charge in [-0.3, -0.25) is 16.3 Å². The molecule has 0 aliphatic carbocycles. The fraction of sp³-hybridized carbons (Fsp3) is 0.308. The quantitative estimate of drug-likeness (QED) is 0.624. The monoisotopic (exact) mass is 279 g/mol. The Kier molecular flexibility index (Phi) is 4.73. The molecule has 102 valence electrons. The lowest BCUT2D eigenvalue weighted by Gasteiger charge is -2.17. The number of hydrogen-bond donors (Lipinski definition) is 2. The zero-order chi connectivity index (χ0) is 13.7. The van der Waals surface area contributed by atoms with Crippen LogP contribution >= 0.6 is 11.3 Å². The van der Waals surface area contributed by atoms with Gasteiger partial charge in [0.2, 0.25) is 0 Å². The van der Waals surface area contributed by atoms with E-state index in [-0.39, 0.29) is 6.04 Å². The van der Waals surface area contributed by atoms with Gasteiger partial charge in [0.15, 0.2) is 11.5 Å². The van der Waals surface area contributed by atoms with Crippen LogP contribution in [0.3, 0.4) is 0 Å². The Morgan fingerprint density at radius 2 is 2.11 bits per heavy atom. The molecule has 2 aromatic rings. The van der Waals surface area contributed by atoms with E-state index in [1.807, 2.05) is 29.9 Å². The van der Waals surface area contributed by atoms with E-state index in [0.717, 1.165) is 12.0 Å². The molecular formula is C13H17N3O2S. The van der Waals surface area contributed by atoms with E-state index in [1.54, 1.807) is 25.6 Å². The van der Waals surface area contributed by atoms with Gasteiger partial charge in [-0.25, -0.2) is 0 Å². The summed E-state index contributed by atoms with van der Waals surface area (Å²) in [7, 11) is 3.24. The van der Waals surface area contributed by atoms with Crippen molar-refractivity contribution in [2.45, 2.75) is 12.5 Å². The van der Waals surface area contributed by atoms with Crippen molar-refractivity contribution < 1.29 is 9.47 Å². The van der Waals surface area contributed by atoms with Crippen LogP contribution in [0.5, 0.6) is 11.5 Å². The van der Waals surface area contributed by atoms with Crippen LogP contribution in [0, 0.1) is 0 Å². The largest absolute Gasteiger partial charge is 0.493 e. The van der Waals surface area contributed by atoms with Gasteiger partial charge in [-0.05, 0) is 17.7 Å². The lowest BCUT2D eigenvalue weighted by Crippen LogP contribution is -2.29. The summed E-state index contributed by atoms with van der Waals surface area (Å²) in [5.74, 6) is 7.05. The fourth-order valence-corrected chi connectivity index (χ4v) is 2.53. The summed E-state index contributed by atoms with van der Waals surface area (Å²) in [6.07, 6.45) is 2.65. The lowest BCUT2D eigenvalue weighted by atomic mass is 10.0. The summed E-state index contributed by atoms with van der Waals surface area (Å²) in [5, 5.41) is 0. The number of nitrogens with one attached hydrogen (secondary N) is 1. The molecule has 0 aliphatic heterocycles. The summed E-state index contributed by atoms with van der Waals surface area (Å²) in [5.41, 5.74) is 5.69. The number of thiazole rings is 1. The molecule has 19 heavy (non-hydrogen) atoms. The lowest BCUT2D eigenvalue weighted by molar-refractivity contribution is 0.354. The predicted molar refractivity (Wildman–Crippen MR) is 75.4 cm³/mol. The maximum atomic E-state index is 5.65. The molecule has 1 aromatic carbocycles. The summed E-state index contributed by atoms with van der Waals surface area (Å²) in [4.78, 5) is 5.25. The van der Waals surface area contributed by atoms with Crippen LogP contribution in [0.15, 0.2) is 29.9 Å². The Morgan fingerprint density at radius 1 is 1.32 bits per heavy atom. The first-order valence-corrected chi connectivity index (χ1v) is 6.72. The minimum Gasteiger partial charge on any atom is -0.493 e. The number of rotatable bonds is 6. The molecule has 5 nitrogen and oxygen atoms in total. The zero-order valence-corrected chi connectivity index (χ0v) is 11.7. The predicted octanol–water partition coefficient (Wildman–Crippen LogP) is 1.91. The van der Waals surface area contributed by atoms with E-state index in [9.17, 15) is 0 Å². The van der Waals surface area contributed by atoms with Gasteiger partial charge < -0.3 is 9.47 Å². The minimum absolute atomic E-state index is 0.0141. The van der Waals surface area contributed by atoms with Crippen LogP contribution in [0.25, 0.3) is 0 Å². The zero-order valence-electron chi connectivity index (χ0n) is 10.9. The van der Waals surface area contributed by atoms with Gasteiger partial charge in [-0.1, -0.05) is 6.07 Å².